The van der Waals surface area contributed by atoms with Crippen molar-refractivity contribution in [1.29, 1.82) is 0 Å². The summed E-state index contributed by atoms with van der Waals surface area (Å²) in [5.41, 5.74) is 1.18. The Labute approximate surface area is 132 Å². The maximum absolute atomic E-state index is 12.3. The van der Waals surface area contributed by atoms with Crippen molar-refractivity contribution >= 4 is 33.6 Å². The summed E-state index contributed by atoms with van der Waals surface area (Å²) in [6.45, 7) is 2.91. The number of amides is 1. The number of likely N-dealkylation sites (tertiary alicyclic amines) is 1. The SMILES string of the molecule is Cc1cc(Br)ccc1SCC(=O)N1CCCCC1CO. The molecule has 1 unspecified atom stereocenters. The fourth-order valence-electron chi connectivity index (χ4n) is 2.52. The topological polar surface area (TPSA) is 40.5 Å². The summed E-state index contributed by atoms with van der Waals surface area (Å²) in [4.78, 5) is 15.3. The number of piperidine rings is 1. The Morgan fingerprint density at radius 2 is 2.30 bits per heavy atom. The second-order valence-electron chi connectivity index (χ2n) is 5.12. The number of aryl methyl sites for hydroxylation is 1. The molecule has 0 bridgehead atoms. The first-order chi connectivity index (χ1) is 9.61. The molecule has 1 atom stereocenters. The minimum Gasteiger partial charge on any atom is -0.394 e. The van der Waals surface area contributed by atoms with Gasteiger partial charge < -0.3 is 10.0 Å². The minimum atomic E-state index is 0.0165. The molecule has 0 saturated carbocycles. The maximum Gasteiger partial charge on any atom is 0.233 e. The van der Waals surface area contributed by atoms with Crippen LogP contribution in [0.25, 0.3) is 0 Å². The first kappa shape index (κ1) is 15.9. The predicted molar refractivity (Wildman–Crippen MR) is 86.0 cm³/mol. The average Bonchev–Trinajstić information content (AvgIpc) is 2.46. The van der Waals surface area contributed by atoms with Gasteiger partial charge in [0.25, 0.3) is 0 Å². The van der Waals surface area contributed by atoms with E-state index in [1.165, 1.54) is 5.56 Å². The van der Waals surface area contributed by atoms with Crippen molar-refractivity contribution in [2.45, 2.75) is 37.1 Å². The molecule has 1 saturated heterocycles. The molecule has 1 N–H and O–H groups in total. The van der Waals surface area contributed by atoms with Crippen LogP contribution in [0.2, 0.25) is 0 Å². The number of aliphatic hydroxyl groups excluding tert-OH is 1. The fourth-order valence-corrected chi connectivity index (χ4v) is 3.89. The van der Waals surface area contributed by atoms with Gasteiger partial charge in [0.2, 0.25) is 5.91 Å². The van der Waals surface area contributed by atoms with Crippen molar-refractivity contribution in [1.82, 2.24) is 4.90 Å². The zero-order valence-corrected chi connectivity index (χ0v) is 14.0. The number of nitrogens with zero attached hydrogens (tertiary/aromatic N) is 1. The lowest BCUT2D eigenvalue weighted by Crippen LogP contribution is -2.46. The second-order valence-corrected chi connectivity index (χ2v) is 7.05. The standard InChI is InChI=1S/C15H20BrNO2S/c1-11-8-12(16)5-6-14(11)20-10-15(19)17-7-3-2-4-13(17)9-18/h5-6,8,13,18H,2-4,7,9-10H2,1H3. The number of rotatable bonds is 4. The first-order valence-corrected chi connectivity index (χ1v) is 8.69. The molecule has 1 heterocycles. The lowest BCUT2D eigenvalue weighted by molar-refractivity contribution is -0.132. The predicted octanol–water partition coefficient (Wildman–Crippen LogP) is 3.22. The number of carbonyl (C=O) groups excluding carboxylic acids is 1. The van der Waals surface area contributed by atoms with Crippen molar-refractivity contribution in [3.8, 4) is 0 Å². The quantitative estimate of drug-likeness (QED) is 0.841. The van der Waals surface area contributed by atoms with E-state index in [-0.39, 0.29) is 18.6 Å². The molecule has 1 amide bonds. The van der Waals surface area contributed by atoms with Gasteiger partial charge in [-0.05, 0) is 49.9 Å². The number of carbonyl (C=O) groups is 1. The highest BCUT2D eigenvalue weighted by atomic mass is 79.9. The van der Waals surface area contributed by atoms with E-state index in [0.29, 0.717) is 5.75 Å². The van der Waals surface area contributed by atoms with Crippen molar-refractivity contribution in [3.05, 3.63) is 28.2 Å². The normalized spacial score (nSPS) is 19.1. The molecular formula is C15H20BrNO2S. The Morgan fingerprint density at radius 3 is 3.00 bits per heavy atom. The van der Waals surface area contributed by atoms with E-state index in [1.54, 1.807) is 11.8 Å². The van der Waals surface area contributed by atoms with Crippen LogP contribution in [0, 0.1) is 6.92 Å². The van der Waals surface area contributed by atoms with Crippen molar-refractivity contribution < 1.29 is 9.90 Å². The van der Waals surface area contributed by atoms with Crippen LogP contribution >= 0.6 is 27.7 Å². The lowest BCUT2D eigenvalue weighted by Gasteiger charge is -2.34. The van der Waals surface area contributed by atoms with Crippen molar-refractivity contribution in [2.75, 3.05) is 18.9 Å². The lowest BCUT2D eigenvalue weighted by atomic mass is 10.0. The van der Waals surface area contributed by atoms with Gasteiger partial charge in [-0.15, -0.1) is 11.8 Å². The molecule has 0 spiro atoms. The largest absolute Gasteiger partial charge is 0.394 e. The van der Waals surface area contributed by atoms with Crippen LogP contribution < -0.4 is 0 Å². The van der Waals surface area contributed by atoms with E-state index in [4.69, 9.17) is 0 Å². The third-order valence-electron chi connectivity index (χ3n) is 3.65. The number of hydrogen-bond donors (Lipinski definition) is 1. The molecule has 110 valence electrons. The summed E-state index contributed by atoms with van der Waals surface area (Å²) >= 11 is 5.02. The van der Waals surface area contributed by atoms with Gasteiger partial charge in [-0.1, -0.05) is 15.9 Å². The van der Waals surface area contributed by atoms with E-state index >= 15 is 0 Å². The summed E-state index contributed by atoms with van der Waals surface area (Å²) in [6.07, 6.45) is 3.07. The Hall–Kier alpha value is -0.520. The number of benzene rings is 1. The molecule has 3 nitrogen and oxygen atoms in total. The fraction of sp³-hybridized carbons (Fsp3) is 0.533. The van der Waals surface area contributed by atoms with Crippen LogP contribution in [0.15, 0.2) is 27.6 Å². The summed E-state index contributed by atoms with van der Waals surface area (Å²) in [5.74, 6) is 0.579. The molecule has 0 radical (unpaired) electrons. The smallest absolute Gasteiger partial charge is 0.233 e. The zero-order valence-electron chi connectivity index (χ0n) is 11.6. The monoisotopic (exact) mass is 357 g/mol. The summed E-state index contributed by atoms with van der Waals surface area (Å²) < 4.78 is 1.06. The van der Waals surface area contributed by atoms with Gasteiger partial charge in [-0.2, -0.15) is 0 Å². The molecule has 0 aromatic heterocycles. The molecule has 1 aromatic rings. The molecule has 0 aliphatic carbocycles. The highest BCUT2D eigenvalue weighted by Crippen LogP contribution is 2.26. The number of thioether (sulfide) groups is 1. The Kier molecular flexibility index (Phi) is 5.93. The number of aliphatic hydroxyl groups is 1. The van der Waals surface area contributed by atoms with Gasteiger partial charge in [-0.3, -0.25) is 4.79 Å². The van der Waals surface area contributed by atoms with E-state index in [1.807, 2.05) is 17.0 Å². The van der Waals surface area contributed by atoms with E-state index < -0.39 is 0 Å². The molecule has 2 rings (SSSR count). The van der Waals surface area contributed by atoms with Crippen LogP contribution in [0.5, 0.6) is 0 Å². The van der Waals surface area contributed by atoms with E-state index in [2.05, 4.69) is 28.9 Å². The Balaban J connectivity index is 1.94. The third-order valence-corrected chi connectivity index (χ3v) is 5.30. The molecule has 20 heavy (non-hydrogen) atoms. The van der Waals surface area contributed by atoms with Gasteiger partial charge >= 0.3 is 0 Å². The van der Waals surface area contributed by atoms with Crippen molar-refractivity contribution in [3.63, 3.8) is 0 Å². The molecule has 1 aliphatic rings. The van der Waals surface area contributed by atoms with Gasteiger partial charge in [-0.25, -0.2) is 0 Å². The number of halogens is 1. The van der Waals surface area contributed by atoms with Gasteiger partial charge in [0.1, 0.15) is 0 Å². The van der Waals surface area contributed by atoms with Crippen LogP contribution in [-0.2, 0) is 4.79 Å². The summed E-state index contributed by atoms with van der Waals surface area (Å²) in [6, 6.07) is 6.11. The molecular weight excluding hydrogens is 338 g/mol. The highest BCUT2D eigenvalue weighted by Gasteiger charge is 2.25. The van der Waals surface area contributed by atoms with Crippen LogP contribution in [0.1, 0.15) is 24.8 Å². The molecule has 1 aromatic carbocycles. The maximum atomic E-state index is 12.3. The molecule has 1 fully saturated rings. The van der Waals surface area contributed by atoms with Gasteiger partial charge in [0, 0.05) is 15.9 Å². The average molecular weight is 358 g/mol. The summed E-state index contributed by atoms with van der Waals surface area (Å²) in [7, 11) is 0. The third kappa shape index (κ3) is 3.99. The zero-order chi connectivity index (χ0) is 14.5. The van der Waals surface area contributed by atoms with E-state index in [9.17, 15) is 9.90 Å². The Bertz CT molecular complexity index is 481. The van der Waals surface area contributed by atoms with Crippen LogP contribution in [0.4, 0.5) is 0 Å². The summed E-state index contributed by atoms with van der Waals surface area (Å²) in [5, 5.41) is 9.36. The first-order valence-electron chi connectivity index (χ1n) is 6.91. The van der Waals surface area contributed by atoms with Crippen LogP contribution in [-0.4, -0.2) is 40.9 Å². The van der Waals surface area contributed by atoms with Gasteiger partial charge in [0.05, 0.1) is 18.4 Å². The van der Waals surface area contributed by atoms with E-state index in [0.717, 1.165) is 35.2 Å². The highest BCUT2D eigenvalue weighted by molar-refractivity contribution is 9.10. The van der Waals surface area contributed by atoms with Crippen LogP contribution in [0.3, 0.4) is 0 Å². The Morgan fingerprint density at radius 1 is 1.50 bits per heavy atom. The number of hydrogen-bond acceptors (Lipinski definition) is 3. The molecule has 5 heteroatoms. The molecule has 1 aliphatic heterocycles. The van der Waals surface area contributed by atoms with Crippen molar-refractivity contribution in [2.24, 2.45) is 0 Å². The van der Waals surface area contributed by atoms with Gasteiger partial charge in [0.15, 0.2) is 0 Å². The second kappa shape index (κ2) is 7.48. The minimum absolute atomic E-state index is 0.0165.